The summed E-state index contributed by atoms with van der Waals surface area (Å²) in [6, 6.07) is 26.6. The SMILES string of the molecule is Cc1cc([C@H]2[C@H](c3ccccn3)NC(=S)N2c2ccc(Oc3ccccc3)cc2)c(C)n1C(C)C. The maximum Gasteiger partial charge on any atom is 0.174 e. The smallest absolute Gasteiger partial charge is 0.174 e. The van der Waals surface area contributed by atoms with Gasteiger partial charge >= 0.3 is 0 Å². The number of pyridine rings is 1. The monoisotopic (exact) mass is 482 g/mol. The Morgan fingerprint density at radius 3 is 2.23 bits per heavy atom. The van der Waals surface area contributed by atoms with E-state index in [4.69, 9.17) is 17.0 Å². The van der Waals surface area contributed by atoms with Crippen molar-refractivity contribution in [3.05, 3.63) is 108 Å². The molecule has 178 valence electrons. The van der Waals surface area contributed by atoms with Crippen LogP contribution in [0.3, 0.4) is 0 Å². The summed E-state index contributed by atoms with van der Waals surface area (Å²) in [6.07, 6.45) is 1.84. The molecule has 4 aromatic rings. The zero-order valence-corrected chi connectivity index (χ0v) is 21.3. The van der Waals surface area contributed by atoms with Crippen LogP contribution < -0.4 is 15.0 Å². The third kappa shape index (κ3) is 4.42. The van der Waals surface area contributed by atoms with Crippen molar-refractivity contribution in [1.29, 1.82) is 0 Å². The van der Waals surface area contributed by atoms with Gasteiger partial charge in [0, 0.05) is 29.3 Å². The van der Waals surface area contributed by atoms with E-state index in [1.54, 1.807) is 0 Å². The van der Waals surface area contributed by atoms with Crippen LogP contribution in [0, 0.1) is 13.8 Å². The lowest BCUT2D eigenvalue weighted by Gasteiger charge is -2.28. The zero-order valence-electron chi connectivity index (χ0n) is 20.5. The highest BCUT2D eigenvalue weighted by atomic mass is 32.1. The lowest BCUT2D eigenvalue weighted by Crippen LogP contribution is -2.29. The molecular formula is C29H30N4OS. The number of ether oxygens (including phenoxy) is 1. The zero-order chi connectivity index (χ0) is 24.5. The molecule has 2 aromatic carbocycles. The number of anilines is 1. The minimum atomic E-state index is -0.0648. The van der Waals surface area contributed by atoms with Gasteiger partial charge in [0.1, 0.15) is 11.5 Å². The summed E-state index contributed by atoms with van der Waals surface area (Å²) in [5.74, 6) is 1.60. The van der Waals surface area contributed by atoms with Crippen LogP contribution in [0.1, 0.15) is 54.6 Å². The Balaban J connectivity index is 1.55. The average Bonchev–Trinajstić information content (AvgIpc) is 3.36. The number of nitrogens with one attached hydrogen (secondary N) is 1. The molecule has 0 radical (unpaired) electrons. The van der Waals surface area contributed by atoms with E-state index in [9.17, 15) is 0 Å². The summed E-state index contributed by atoms with van der Waals surface area (Å²) in [5, 5.41) is 4.25. The Morgan fingerprint density at radius 2 is 1.60 bits per heavy atom. The van der Waals surface area contributed by atoms with Gasteiger partial charge in [0.15, 0.2) is 5.11 Å². The highest BCUT2D eigenvalue weighted by Crippen LogP contribution is 2.44. The topological polar surface area (TPSA) is 42.3 Å². The van der Waals surface area contributed by atoms with Gasteiger partial charge in [0.05, 0.1) is 17.8 Å². The summed E-state index contributed by atoms with van der Waals surface area (Å²) >= 11 is 5.90. The number of thiocarbonyl (C=S) groups is 1. The van der Waals surface area contributed by atoms with E-state index in [0.29, 0.717) is 11.2 Å². The van der Waals surface area contributed by atoms with Crippen molar-refractivity contribution in [2.75, 3.05) is 4.90 Å². The fraction of sp³-hybridized carbons (Fsp3) is 0.241. The van der Waals surface area contributed by atoms with Crippen LogP contribution in [0.25, 0.3) is 0 Å². The van der Waals surface area contributed by atoms with Crippen molar-refractivity contribution in [3.63, 3.8) is 0 Å². The molecule has 1 aliphatic rings. The van der Waals surface area contributed by atoms with Crippen LogP contribution in [0.2, 0.25) is 0 Å². The molecule has 0 bridgehead atoms. The van der Waals surface area contributed by atoms with Gasteiger partial charge in [-0.25, -0.2) is 0 Å². The molecule has 0 unspecified atom stereocenters. The van der Waals surface area contributed by atoms with Crippen molar-refractivity contribution in [1.82, 2.24) is 14.9 Å². The second kappa shape index (κ2) is 9.55. The molecular weight excluding hydrogens is 452 g/mol. The summed E-state index contributed by atoms with van der Waals surface area (Å²) in [6.45, 7) is 8.82. The first-order chi connectivity index (χ1) is 16.9. The molecule has 0 aliphatic carbocycles. The Morgan fingerprint density at radius 1 is 0.914 bits per heavy atom. The number of para-hydroxylation sites is 1. The van der Waals surface area contributed by atoms with Crippen LogP contribution >= 0.6 is 12.2 Å². The second-order valence-corrected chi connectivity index (χ2v) is 9.58. The average molecular weight is 483 g/mol. The molecule has 2 aromatic heterocycles. The summed E-state index contributed by atoms with van der Waals surface area (Å²) in [5.41, 5.74) is 5.74. The van der Waals surface area contributed by atoms with E-state index in [2.05, 4.69) is 71.7 Å². The van der Waals surface area contributed by atoms with Gasteiger partial charge in [-0.15, -0.1) is 0 Å². The van der Waals surface area contributed by atoms with Crippen LogP contribution in [0.5, 0.6) is 11.5 Å². The molecule has 3 heterocycles. The third-order valence-electron chi connectivity index (χ3n) is 6.55. The van der Waals surface area contributed by atoms with Gasteiger partial charge in [-0.1, -0.05) is 24.3 Å². The Bertz CT molecular complexity index is 1320. The molecule has 1 fully saturated rings. The molecule has 0 spiro atoms. The van der Waals surface area contributed by atoms with E-state index < -0.39 is 0 Å². The Labute approximate surface area is 212 Å². The van der Waals surface area contributed by atoms with Gasteiger partial charge < -0.3 is 19.5 Å². The molecule has 1 N–H and O–H groups in total. The maximum atomic E-state index is 6.01. The predicted octanol–water partition coefficient (Wildman–Crippen LogP) is 7.05. The minimum absolute atomic E-state index is 0.0306. The highest BCUT2D eigenvalue weighted by Gasteiger charge is 2.42. The molecule has 0 amide bonds. The molecule has 5 rings (SSSR count). The highest BCUT2D eigenvalue weighted by molar-refractivity contribution is 7.80. The van der Waals surface area contributed by atoms with E-state index >= 15 is 0 Å². The van der Waals surface area contributed by atoms with Gasteiger partial charge in [0.2, 0.25) is 0 Å². The van der Waals surface area contributed by atoms with Crippen LogP contribution in [0.15, 0.2) is 85.1 Å². The molecule has 1 saturated heterocycles. The van der Waals surface area contributed by atoms with E-state index in [0.717, 1.165) is 22.9 Å². The molecule has 6 heteroatoms. The summed E-state index contributed by atoms with van der Waals surface area (Å²) < 4.78 is 8.40. The fourth-order valence-corrected chi connectivity index (χ4v) is 5.49. The van der Waals surface area contributed by atoms with Gasteiger partial charge in [-0.05, 0) is 100 Å². The molecule has 0 saturated carbocycles. The number of hydrogen-bond acceptors (Lipinski definition) is 3. The van der Waals surface area contributed by atoms with E-state index in [-0.39, 0.29) is 12.1 Å². The van der Waals surface area contributed by atoms with E-state index in [1.165, 1.54) is 17.0 Å². The standard InChI is InChI=1S/C29H30N4OS/c1-19(2)32-20(3)18-25(21(32)4)28-27(26-12-8-9-17-30-26)31-29(35)33(28)22-13-15-24(16-14-22)34-23-10-6-5-7-11-23/h5-19,27-28H,1-4H3,(H,31,35)/t27-,28-/m0/s1. The van der Waals surface area contributed by atoms with Crippen molar-refractivity contribution in [3.8, 4) is 11.5 Å². The van der Waals surface area contributed by atoms with E-state index in [1.807, 2.05) is 60.8 Å². The van der Waals surface area contributed by atoms with Gasteiger partial charge in [-0.2, -0.15) is 0 Å². The molecule has 35 heavy (non-hydrogen) atoms. The first-order valence-corrected chi connectivity index (χ1v) is 12.4. The number of aryl methyl sites for hydroxylation is 1. The first-order valence-electron chi connectivity index (χ1n) is 12.0. The molecule has 1 aliphatic heterocycles. The van der Waals surface area contributed by atoms with Crippen molar-refractivity contribution < 1.29 is 4.74 Å². The number of hydrogen-bond donors (Lipinski definition) is 1. The molecule has 5 nitrogen and oxygen atoms in total. The van der Waals surface area contributed by atoms with Crippen LogP contribution in [0.4, 0.5) is 5.69 Å². The fourth-order valence-electron chi connectivity index (χ4n) is 5.15. The largest absolute Gasteiger partial charge is 0.457 e. The number of rotatable bonds is 6. The predicted molar refractivity (Wildman–Crippen MR) is 145 cm³/mol. The molecule has 2 atom stereocenters. The number of benzene rings is 2. The quantitative estimate of drug-likeness (QED) is 0.298. The second-order valence-electron chi connectivity index (χ2n) is 9.20. The van der Waals surface area contributed by atoms with Gasteiger partial charge in [-0.3, -0.25) is 4.98 Å². The lowest BCUT2D eigenvalue weighted by atomic mass is 9.96. The first kappa shape index (κ1) is 23.1. The van der Waals surface area contributed by atoms with Gasteiger partial charge in [0.25, 0.3) is 0 Å². The summed E-state index contributed by atoms with van der Waals surface area (Å²) in [7, 11) is 0. The number of aromatic nitrogens is 2. The van der Waals surface area contributed by atoms with Crippen molar-refractivity contribution >= 4 is 23.0 Å². The van der Waals surface area contributed by atoms with Crippen LogP contribution in [-0.4, -0.2) is 14.7 Å². The Kier molecular flexibility index (Phi) is 6.31. The lowest BCUT2D eigenvalue weighted by molar-refractivity contribution is 0.482. The maximum absolute atomic E-state index is 6.01. The normalized spacial score (nSPS) is 17.6. The summed E-state index contributed by atoms with van der Waals surface area (Å²) in [4.78, 5) is 6.89. The van der Waals surface area contributed by atoms with Crippen molar-refractivity contribution in [2.24, 2.45) is 0 Å². The number of nitrogens with zero attached hydrogens (tertiary/aromatic N) is 3. The van der Waals surface area contributed by atoms with Crippen LogP contribution in [-0.2, 0) is 0 Å². The minimum Gasteiger partial charge on any atom is -0.457 e. The Hall–Kier alpha value is -3.64. The third-order valence-corrected chi connectivity index (χ3v) is 6.86. The van der Waals surface area contributed by atoms with Crippen molar-refractivity contribution in [2.45, 2.75) is 45.8 Å².